The average Bonchev–Trinajstić information content (AvgIpc) is 3.11. The molecule has 21 heavy (non-hydrogen) atoms. The van der Waals surface area contributed by atoms with E-state index in [4.69, 9.17) is 10.2 Å². The third kappa shape index (κ3) is 2.48. The van der Waals surface area contributed by atoms with E-state index in [1.807, 2.05) is 12.1 Å². The lowest BCUT2D eigenvalue weighted by Crippen LogP contribution is -2.14. The molecule has 3 aromatic rings. The Morgan fingerprint density at radius 3 is 2.95 bits per heavy atom. The lowest BCUT2D eigenvalue weighted by molar-refractivity contribution is 0.102. The van der Waals surface area contributed by atoms with Gasteiger partial charge < -0.3 is 15.5 Å². The molecule has 106 valence electrons. The van der Waals surface area contributed by atoms with Crippen molar-refractivity contribution in [3.8, 4) is 11.3 Å². The number of aromatic nitrogens is 3. The van der Waals surface area contributed by atoms with E-state index in [9.17, 15) is 4.79 Å². The zero-order valence-electron chi connectivity index (χ0n) is 11.3. The molecule has 0 radical (unpaired) electrons. The van der Waals surface area contributed by atoms with E-state index in [0.717, 1.165) is 5.56 Å². The average molecular weight is 283 g/mol. The van der Waals surface area contributed by atoms with Gasteiger partial charge in [-0.05, 0) is 19.1 Å². The molecule has 0 fully saturated rings. The summed E-state index contributed by atoms with van der Waals surface area (Å²) >= 11 is 0. The van der Waals surface area contributed by atoms with E-state index in [1.165, 1.54) is 6.39 Å². The van der Waals surface area contributed by atoms with Crippen LogP contribution in [0.5, 0.6) is 0 Å². The zero-order chi connectivity index (χ0) is 14.8. The molecule has 7 nitrogen and oxygen atoms in total. The first-order chi connectivity index (χ1) is 10.1. The van der Waals surface area contributed by atoms with Crippen molar-refractivity contribution in [2.24, 2.45) is 0 Å². The van der Waals surface area contributed by atoms with Gasteiger partial charge in [-0.1, -0.05) is 12.1 Å². The third-order valence-corrected chi connectivity index (χ3v) is 3.05. The SMILES string of the molecule is Cc1[nH]nc(C(=O)Nc2cccc(-c3cnco3)c2)c1N. The van der Waals surface area contributed by atoms with Crippen LogP contribution in [0.25, 0.3) is 11.3 Å². The summed E-state index contributed by atoms with van der Waals surface area (Å²) in [7, 11) is 0. The minimum atomic E-state index is -0.369. The smallest absolute Gasteiger partial charge is 0.278 e. The molecule has 0 spiro atoms. The first-order valence-corrected chi connectivity index (χ1v) is 6.26. The number of oxazole rings is 1. The largest absolute Gasteiger partial charge is 0.444 e. The molecular weight excluding hydrogens is 270 g/mol. The number of anilines is 2. The van der Waals surface area contributed by atoms with Crippen molar-refractivity contribution in [3.05, 3.63) is 48.2 Å². The summed E-state index contributed by atoms with van der Waals surface area (Å²) in [5.41, 5.74) is 8.41. The maximum Gasteiger partial charge on any atom is 0.278 e. The van der Waals surface area contributed by atoms with Crippen molar-refractivity contribution >= 4 is 17.3 Å². The Morgan fingerprint density at radius 1 is 1.43 bits per heavy atom. The number of nitrogens with two attached hydrogens (primary N) is 1. The second-order valence-electron chi connectivity index (χ2n) is 4.51. The predicted molar refractivity (Wildman–Crippen MR) is 77.6 cm³/mol. The number of hydrogen-bond donors (Lipinski definition) is 3. The fourth-order valence-electron chi connectivity index (χ4n) is 1.91. The van der Waals surface area contributed by atoms with E-state index in [1.54, 1.807) is 25.3 Å². The van der Waals surface area contributed by atoms with Gasteiger partial charge in [0.15, 0.2) is 17.8 Å². The second-order valence-corrected chi connectivity index (χ2v) is 4.51. The molecule has 0 aliphatic rings. The summed E-state index contributed by atoms with van der Waals surface area (Å²) in [6.45, 7) is 1.75. The Morgan fingerprint density at radius 2 is 2.29 bits per heavy atom. The van der Waals surface area contributed by atoms with Crippen molar-refractivity contribution in [2.75, 3.05) is 11.1 Å². The Hall–Kier alpha value is -3.09. The summed E-state index contributed by atoms with van der Waals surface area (Å²) in [5, 5.41) is 9.32. The van der Waals surface area contributed by atoms with Gasteiger partial charge in [0.05, 0.1) is 17.6 Å². The highest BCUT2D eigenvalue weighted by molar-refractivity contribution is 6.06. The number of nitrogen functional groups attached to an aromatic ring is 1. The molecule has 1 aromatic carbocycles. The van der Waals surface area contributed by atoms with E-state index < -0.39 is 0 Å². The number of rotatable bonds is 3. The Kier molecular flexibility index (Phi) is 3.15. The van der Waals surface area contributed by atoms with Crippen LogP contribution in [0.1, 0.15) is 16.2 Å². The number of benzene rings is 1. The van der Waals surface area contributed by atoms with Crippen LogP contribution < -0.4 is 11.1 Å². The van der Waals surface area contributed by atoms with Gasteiger partial charge >= 0.3 is 0 Å². The number of aryl methyl sites for hydroxylation is 1. The number of hydrogen-bond acceptors (Lipinski definition) is 5. The number of aromatic amines is 1. The van der Waals surface area contributed by atoms with Crippen molar-refractivity contribution in [2.45, 2.75) is 6.92 Å². The fourth-order valence-corrected chi connectivity index (χ4v) is 1.91. The first kappa shape index (κ1) is 12.9. The molecule has 3 rings (SSSR count). The van der Waals surface area contributed by atoms with Crippen LogP contribution in [0.2, 0.25) is 0 Å². The first-order valence-electron chi connectivity index (χ1n) is 6.26. The highest BCUT2D eigenvalue weighted by atomic mass is 16.3. The van der Waals surface area contributed by atoms with Crippen LogP contribution in [0.15, 0.2) is 41.3 Å². The molecule has 0 bridgehead atoms. The normalized spacial score (nSPS) is 10.5. The molecule has 0 saturated carbocycles. The number of carbonyl (C=O) groups is 1. The number of H-pyrrole nitrogens is 1. The molecule has 2 heterocycles. The summed E-state index contributed by atoms with van der Waals surface area (Å²) < 4.78 is 5.23. The minimum Gasteiger partial charge on any atom is -0.444 e. The van der Waals surface area contributed by atoms with Crippen molar-refractivity contribution in [1.82, 2.24) is 15.2 Å². The molecule has 1 amide bonds. The van der Waals surface area contributed by atoms with Gasteiger partial charge in [0.25, 0.3) is 5.91 Å². The maximum absolute atomic E-state index is 12.1. The van der Waals surface area contributed by atoms with E-state index in [0.29, 0.717) is 22.8 Å². The minimum absolute atomic E-state index is 0.178. The monoisotopic (exact) mass is 283 g/mol. The van der Waals surface area contributed by atoms with Crippen LogP contribution in [-0.2, 0) is 0 Å². The lowest BCUT2D eigenvalue weighted by atomic mass is 10.1. The van der Waals surface area contributed by atoms with E-state index in [-0.39, 0.29) is 11.6 Å². The van der Waals surface area contributed by atoms with Gasteiger partial charge in [-0.2, -0.15) is 5.10 Å². The second kappa shape index (κ2) is 5.12. The Labute approximate surface area is 120 Å². The highest BCUT2D eigenvalue weighted by Crippen LogP contribution is 2.23. The number of nitrogens with one attached hydrogen (secondary N) is 2. The molecule has 0 atom stereocenters. The van der Waals surface area contributed by atoms with Crippen LogP contribution in [0, 0.1) is 6.92 Å². The Balaban J connectivity index is 1.84. The summed E-state index contributed by atoms with van der Waals surface area (Å²) in [6, 6.07) is 7.23. The zero-order valence-corrected chi connectivity index (χ0v) is 11.3. The number of carbonyl (C=O) groups excluding carboxylic acids is 1. The van der Waals surface area contributed by atoms with Gasteiger partial charge in [-0.15, -0.1) is 0 Å². The molecule has 0 aliphatic heterocycles. The van der Waals surface area contributed by atoms with Gasteiger partial charge in [0.2, 0.25) is 0 Å². The summed E-state index contributed by atoms with van der Waals surface area (Å²) in [6.07, 6.45) is 2.96. The van der Waals surface area contributed by atoms with Crippen molar-refractivity contribution in [3.63, 3.8) is 0 Å². The van der Waals surface area contributed by atoms with Gasteiger partial charge in [0, 0.05) is 11.3 Å². The van der Waals surface area contributed by atoms with E-state index >= 15 is 0 Å². The van der Waals surface area contributed by atoms with Crippen molar-refractivity contribution in [1.29, 1.82) is 0 Å². The van der Waals surface area contributed by atoms with Crippen LogP contribution in [0.4, 0.5) is 11.4 Å². The van der Waals surface area contributed by atoms with Gasteiger partial charge in [0.1, 0.15) is 0 Å². The molecule has 4 N–H and O–H groups in total. The molecule has 7 heteroatoms. The van der Waals surface area contributed by atoms with Crippen LogP contribution in [0.3, 0.4) is 0 Å². The topological polar surface area (TPSA) is 110 Å². The van der Waals surface area contributed by atoms with Crippen LogP contribution in [-0.4, -0.2) is 21.1 Å². The summed E-state index contributed by atoms with van der Waals surface area (Å²) in [4.78, 5) is 16.0. The van der Waals surface area contributed by atoms with E-state index in [2.05, 4.69) is 20.5 Å². The predicted octanol–water partition coefficient (Wildman–Crippen LogP) is 2.21. The Bertz CT molecular complexity index is 777. The maximum atomic E-state index is 12.1. The highest BCUT2D eigenvalue weighted by Gasteiger charge is 2.15. The van der Waals surface area contributed by atoms with Crippen molar-refractivity contribution < 1.29 is 9.21 Å². The summed E-state index contributed by atoms with van der Waals surface area (Å²) in [5.74, 6) is 0.257. The molecule has 0 aliphatic carbocycles. The van der Waals surface area contributed by atoms with Gasteiger partial charge in [-0.3, -0.25) is 9.89 Å². The quantitative estimate of drug-likeness (QED) is 0.682. The standard InChI is InChI=1S/C14H13N5O2/c1-8-12(15)13(19-18-8)14(20)17-10-4-2-3-9(5-10)11-6-16-7-21-11/h2-7H,15H2,1H3,(H,17,20)(H,18,19). The third-order valence-electron chi connectivity index (χ3n) is 3.05. The van der Waals surface area contributed by atoms with Crippen LogP contribution >= 0.6 is 0 Å². The number of nitrogens with zero attached hydrogens (tertiary/aromatic N) is 2. The molecule has 0 saturated heterocycles. The molecular formula is C14H13N5O2. The molecule has 0 unspecified atom stereocenters. The van der Waals surface area contributed by atoms with Gasteiger partial charge in [-0.25, -0.2) is 4.98 Å². The number of amides is 1. The molecule has 2 aromatic heterocycles. The fraction of sp³-hybridized carbons (Fsp3) is 0.0714. The lowest BCUT2D eigenvalue weighted by Gasteiger charge is -2.05.